The first-order valence-corrected chi connectivity index (χ1v) is 7.36. The van der Waals surface area contributed by atoms with Crippen LogP contribution in [0.25, 0.3) is 0 Å². The largest absolute Gasteiger partial charge is 0.388 e. The van der Waals surface area contributed by atoms with Gasteiger partial charge in [-0.15, -0.1) is 0 Å². The molecular weight excluding hydrogens is 297 g/mol. The van der Waals surface area contributed by atoms with Gasteiger partial charge in [0.1, 0.15) is 5.82 Å². The number of nitrogens with one attached hydrogen (secondary N) is 1. The lowest BCUT2D eigenvalue weighted by Gasteiger charge is -2.12. The number of ketones is 1. The monoisotopic (exact) mass is 315 g/mol. The first-order chi connectivity index (χ1) is 11.0. The van der Waals surface area contributed by atoms with Crippen molar-refractivity contribution in [1.82, 2.24) is 0 Å². The zero-order valence-corrected chi connectivity index (χ0v) is 12.8. The topological polar surface area (TPSA) is 66.4 Å². The summed E-state index contributed by atoms with van der Waals surface area (Å²) >= 11 is 0. The van der Waals surface area contributed by atoms with E-state index in [-0.39, 0.29) is 12.2 Å². The second-order valence-corrected chi connectivity index (χ2v) is 5.18. The highest BCUT2D eigenvalue weighted by Crippen LogP contribution is 2.19. The molecule has 4 nitrogen and oxygen atoms in total. The molecular formula is C18H18FNO3. The normalized spacial score (nSPS) is 11.8. The number of benzene rings is 2. The lowest BCUT2D eigenvalue weighted by Crippen LogP contribution is -2.16. The Morgan fingerprint density at radius 3 is 2.61 bits per heavy atom. The fourth-order valence-electron chi connectivity index (χ4n) is 2.19. The highest BCUT2D eigenvalue weighted by atomic mass is 19.1. The number of amides is 1. The predicted molar refractivity (Wildman–Crippen MR) is 85.7 cm³/mol. The third kappa shape index (κ3) is 4.72. The molecule has 2 aromatic rings. The van der Waals surface area contributed by atoms with E-state index < -0.39 is 17.8 Å². The maximum absolute atomic E-state index is 13.1. The van der Waals surface area contributed by atoms with Crippen LogP contribution in [0.4, 0.5) is 10.1 Å². The van der Waals surface area contributed by atoms with Gasteiger partial charge in [0.25, 0.3) is 0 Å². The lowest BCUT2D eigenvalue weighted by molar-refractivity contribution is -0.118. The highest BCUT2D eigenvalue weighted by molar-refractivity contribution is 5.98. The van der Waals surface area contributed by atoms with Crippen LogP contribution in [-0.2, 0) is 4.79 Å². The number of aliphatic hydroxyl groups is 1. The SMILES string of the molecule is CCC(=O)c1cccc(NC(=O)CC(O)c2cccc(F)c2)c1. The molecule has 120 valence electrons. The Bertz CT molecular complexity index is 715. The van der Waals surface area contributed by atoms with Crippen molar-refractivity contribution in [2.24, 2.45) is 0 Å². The molecule has 5 heteroatoms. The summed E-state index contributed by atoms with van der Waals surface area (Å²) < 4.78 is 13.1. The van der Waals surface area contributed by atoms with E-state index in [2.05, 4.69) is 5.32 Å². The van der Waals surface area contributed by atoms with E-state index in [1.165, 1.54) is 18.2 Å². The third-order valence-corrected chi connectivity index (χ3v) is 3.40. The van der Waals surface area contributed by atoms with E-state index in [0.29, 0.717) is 23.2 Å². The van der Waals surface area contributed by atoms with E-state index in [1.807, 2.05) is 0 Å². The predicted octanol–water partition coefficient (Wildman–Crippen LogP) is 3.48. The van der Waals surface area contributed by atoms with Gasteiger partial charge in [0.05, 0.1) is 12.5 Å². The summed E-state index contributed by atoms with van der Waals surface area (Å²) in [6, 6.07) is 12.1. The highest BCUT2D eigenvalue weighted by Gasteiger charge is 2.14. The summed E-state index contributed by atoms with van der Waals surface area (Å²) in [6.07, 6.45) is -0.906. The molecule has 0 saturated heterocycles. The van der Waals surface area contributed by atoms with Gasteiger partial charge in [-0.05, 0) is 29.8 Å². The van der Waals surface area contributed by atoms with E-state index in [9.17, 15) is 19.1 Å². The van der Waals surface area contributed by atoms with Gasteiger partial charge in [0.15, 0.2) is 5.78 Å². The molecule has 2 aromatic carbocycles. The van der Waals surface area contributed by atoms with Crippen molar-refractivity contribution < 1.29 is 19.1 Å². The van der Waals surface area contributed by atoms with Crippen molar-refractivity contribution in [3.63, 3.8) is 0 Å². The van der Waals surface area contributed by atoms with Gasteiger partial charge in [0.2, 0.25) is 5.91 Å². The Labute approximate surface area is 134 Å². The second kappa shape index (κ2) is 7.65. The number of aliphatic hydroxyl groups excluding tert-OH is 1. The molecule has 0 bridgehead atoms. The Morgan fingerprint density at radius 1 is 1.17 bits per heavy atom. The zero-order chi connectivity index (χ0) is 16.8. The number of hydrogen-bond acceptors (Lipinski definition) is 3. The van der Waals surface area contributed by atoms with Gasteiger partial charge in [-0.25, -0.2) is 4.39 Å². The average molecular weight is 315 g/mol. The Kier molecular flexibility index (Phi) is 5.60. The Hall–Kier alpha value is -2.53. The standard InChI is InChI=1S/C18H18FNO3/c1-2-16(21)13-6-4-8-15(10-13)20-18(23)11-17(22)12-5-3-7-14(19)9-12/h3-10,17,22H,2,11H2,1H3,(H,20,23). The molecule has 1 unspecified atom stereocenters. The van der Waals surface area contributed by atoms with E-state index >= 15 is 0 Å². The molecule has 0 aliphatic carbocycles. The summed E-state index contributed by atoms with van der Waals surface area (Å²) in [5, 5.41) is 12.6. The van der Waals surface area contributed by atoms with Gasteiger partial charge in [-0.3, -0.25) is 9.59 Å². The van der Waals surface area contributed by atoms with Crippen LogP contribution in [0.1, 0.15) is 41.8 Å². The first-order valence-electron chi connectivity index (χ1n) is 7.36. The number of Topliss-reactive ketones (excluding diaryl/α,β-unsaturated/α-hetero) is 1. The van der Waals surface area contributed by atoms with E-state index in [0.717, 1.165) is 0 Å². The van der Waals surface area contributed by atoms with E-state index in [4.69, 9.17) is 0 Å². The van der Waals surface area contributed by atoms with Crippen LogP contribution in [0.2, 0.25) is 0 Å². The van der Waals surface area contributed by atoms with Crippen LogP contribution in [0.3, 0.4) is 0 Å². The minimum atomic E-state index is -1.09. The smallest absolute Gasteiger partial charge is 0.227 e. The van der Waals surface area contributed by atoms with Crippen molar-refractivity contribution >= 4 is 17.4 Å². The molecule has 0 spiro atoms. The molecule has 0 aliphatic heterocycles. The average Bonchev–Trinajstić information content (AvgIpc) is 2.54. The molecule has 0 aliphatic rings. The van der Waals surface area contributed by atoms with Crippen LogP contribution in [0.15, 0.2) is 48.5 Å². The fourth-order valence-corrected chi connectivity index (χ4v) is 2.19. The van der Waals surface area contributed by atoms with Crippen molar-refractivity contribution in [3.8, 4) is 0 Å². The summed E-state index contributed by atoms with van der Waals surface area (Å²) in [6.45, 7) is 1.77. The summed E-state index contributed by atoms with van der Waals surface area (Å²) in [4.78, 5) is 23.6. The first kappa shape index (κ1) is 16.8. The van der Waals surface area contributed by atoms with Gasteiger partial charge < -0.3 is 10.4 Å². The number of halogens is 1. The minimum Gasteiger partial charge on any atom is -0.388 e. The fraction of sp³-hybridized carbons (Fsp3) is 0.222. The van der Waals surface area contributed by atoms with Crippen molar-refractivity contribution in [3.05, 3.63) is 65.5 Å². The molecule has 23 heavy (non-hydrogen) atoms. The third-order valence-electron chi connectivity index (χ3n) is 3.40. The molecule has 1 amide bonds. The Morgan fingerprint density at radius 2 is 1.91 bits per heavy atom. The van der Waals surface area contributed by atoms with Crippen molar-refractivity contribution in [2.45, 2.75) is 25.9 Å². The second-order valence-electron chi connectivity index (χ2n) is 5.18. The Balaban J connectivity index is 2.01. The lowest BCUT2D eigenvalue weighted by atomic mass is 10.1. The quantitative estimate of drug-likeness (QED) is 0.802. The molecule has 1 atom stereocenters. The van der Waals surface area contributed by atoms with Gasteiger partial charge >= 0.3 is 0 Å². The molecule has 0 heterocycles. The number of carbonyl (C=O) groups excluding carboxylic acids is 2. The van der Waals surface area contributed by atoms with Crippen molar-refractivity contribution in [2.75, 3.05) is 5.32 Å². The van der Waals surface area contributed by atoms with Gasteiger partial charge in [-0.2, -0.15) is 0 Å². The van der Waals surface area contributed by atoms with Crippen LogP contribution in [0, 0.1) is 5.82 Å². The molecule has 0 saturated carbocycles. The van der Waals surface area contributed by atoms with E-state index in [1.54, 1.807) is 37.3 Å². The summed E-state index contributed by atoms with van der Waals surface area (Å²) in [5.41, 5.74) is 1.35. The zero-order valence-electron chi connectivity index (χ0n) is 12.8. The number of hydrogen-bond donors (Lipinski definition) is 2. The minimum absolute atomic E-state index is 0.0131. The molecule has 2 N–H and O–H groups in total. The van der Waals surface area contributed by atoms with Crippen LogP contribution < -0.4 is 5.32 Å². The number of rotatable bonds is 6. The van der Waals surface area contributed by atoms with Crippen molar-refractivity contribution in [1.29, 1.82) is 0 Å². The number of anilines is 1. The van der Waals surface area contributed by atoms with Gasteiger partial charge in [0, 0.05) is 17.7 Å². The molecule has 0 aromatic heterocycles. The van der Waals surface area contributed by atoms with Gasteiger partial charge in [-0.1, -0.05) is 31.2 Å². The van der Waals surface area contributed by atoms with Crippen LogP contribution in [0.5, 0.6) is 0 Å². The number of carbonyl (C=O) groups is 2. The summed E-state index contributed by atoms with van der Waals surface area (Å²) in [7, 11) is 0. The van der Waals surface area contributed by atoms with Crippen LogP contribution >= 0.6 is 0 Å². The molecule has 0 fully saturated rings. The molecule has 2 rings (SSSR count). The maximum Gasteiger partial charge on any atom is 0.227 e. The molecule has 0 radical (unpaired) electrons. The summed E-state index contributed by atoms with van der Waals surface area (Å²) in [5.74, 6) is -0.892. The maximum atomic E-state index is 13.1. The van der Waals surface area contributed by atoms with Crippen LogP contribution in [-0.4, -0.2) is 16.8 Å².